The van der Waals surface area contributed by atoms with Crippen LogP contribution in [-0.2, 0) is 9.53 Å². The third-order valence-corrected chi connectivity index (χ3v) is 4.62. The van der Waals surface area contributed by atoms with E-state index >= 15 is 0 Å². The second-order valence-corrected chi connectivity index (χ2v) is 6.86. The third-order valence-electron chi connectivity index (χ3n) is 4.08. The van der Waals surface area contributed by atoms with Crippen LogP contribution in [-0.4, -0.2) is 38.8 Å². The number of benzene rings is 2. The molecule has 0 atom stereocenters. The van der Waals surface area contributed by atoms with E-state index in [0.29, 0.717) is 34.7 Å². The molecule has 1 aliphatic heterocycles. The van der Waals surface area contributed by atoms with Crippen LogP contribution in [0.1, 0.15) is 5.56 Å². The highest BCUT2D eigenvalue weighted by molar-refractivity contribution is 6.33. The molecule has 0 unspecified atom stereocenters. The smallest absolute Gasteiger partial charge is 0.262 e. The van der Waals surface area contributed by atoms with Crippen LogP contribution in [0.5, 0.6) is 5.75 Å². The van der Waals surface area contributed by atoms with Crippen molar-refractivity contribution in [1.29, 1.82) is 0 Å². The fourth-order valence-corrected chi connectivity index (χ4v) is 3.29. The van der Waals surface area contributed by atoms with E-state index in [1.165, 1.54) is 0 Å². The zero-order chi connectivity index (χ0) is 18.5. The van der Waals surface area contributed by atoms with Gasteiger partial charge in [0, 0.05) is 23.8 Å². The molecule has 1 heterocycles. The van der Waals surface area contributed by atoms with Crippen LogP contribution >= 0.6 is 23.2 Å². The monoisotopic (exact) mass is 394 g/mol. The maximum absolute atomic E-state index is 12.1. The third kappa shape index (κ3) is 4.81. The van der Waals surface area contributed by atoms with Crippen LogP contribution in [0.15, 0.2) is 36.4 Å². The Labute approximate surface area is 162 Å². The zero-order valence-corrected chi connectivity index (χ0v) is 15.9. The van der Waals surface area contributed by atoms with Crippen molar-refractivity contribution in [3.8, 4) is 5.75 Å². The summed E-state index contributed by atoms with van der Waals surface area (Å²) in [5.41, 5.74) is 2.46. The molecule has 2 aromatic rings. The standard InChI is InChI=1S/C19H20Cl2N2O3/c1-13-10-14(20)2-5-18(13)26-12-19(24)22-15-3-4-17(16(21)11-15)23-6-8-25-9-7-23/h2-5,10-11H,6-9,12H2,1H3,(H,22,24). The minimum absolute atomic E-state index is 0.0920. The molecule has 138 valence electrons. The zero-order valence-electron chi connectivity index (χ0n) is 14.4. The molecule has 0 radical (unpaired) electrons. The van der Waals surface area contributed by atoms with Crippen LogP contribution in [0, 0.1) is 6.92 Å². The van der Waals surface area contributed by atoms with Crippen molar-refractivity contribution >= 4 is 40.5 Å². The van der Waals surface area contributed by atoms with Gasteiger partial charge >= 0.3 is 0 Å². The number of anilines is 2. The Morgan fingerprint density at radius 2 is 1.96 bits per heavy atom. The van der Waals surface area contributed by atoms with Gasteiger partial charge in [0.2, 0.25) is 0 Å². The van der Waals surface area contributed by atoms with Crippen molar-refractivity contribution in [2.75, 3.05) is 43.1 Å². The van der Waals surface area contributed by atoms with E-state index in [2.05, 4.69) is 10.2 Å². The molecule has 26 heavy (non-hydrogen) atoms. The predicted octanol–water partition coefficient (Wildman–Crippen LogP) is 4.16. The number of morpholine rings is 1. The van der Waals surface area contributed by atoms with Gasteiger partial charge in [0.25, 0.3) is 5.91 Å². The van der Waals surface area contributed by atoms with Crippen molar-refractivity contribution < 1.29 is 14.3 Å². The van der Waals surface area contributed by atoms with Gasteiger partial charge in [-0.2, -0.15) is 0 Å². The molecule has 1 N–H and O–H groups in total. The van der Waals surface area contributed by atoms with Crippen molar-refractivity contribution in [2.45, 2.75) is 6.92 Å². The first-order chi connectivity index (χ1) is 12.5. The number of aryl methyl sites for hydroxylation is 1. The molecular formula is C19H20Cl2N2O3. The quantitative estimate of drug-likeness (QED) is 0.826. The average Bonchev–Trinajstić information content (AvgIpc) is 2.62. The highest BCUT2D eigenvalue weighted by atomic mass is 35.5. The number of nitrogens with one attached hydrogen (secondary N) is 1. The maximum Gasteiger partial charge on any atom is 0.262 e. The summed E-state index contributed by atoms with van der Waals surface area (Å²) in [6.07, 6.45) is 0. The molecule has 0 aliphatic carbocycles. The number of rotatable bonds is 5. The molecule has 2 aromatic carbocycles. The van der Waals surface area contributed by atoms with Gasteiger partial charge < -0.3 is 19.7 Å². The van der Waals surface area contributed by atoms with Crippen molar-refractivity contribution in [3.63, 3.8) is 0 Å². The van der Waals surface area contributed by atoms with Crippen molar-refractivity contribution in [1.82, 2.24) is 0 Å². The lowest BCUT2D eigenvalue weighted by Crippen LogP contribution is -2.36. The summed E-state index contributed by atoms with van der Waals surface area (Å²) in [4.78, 5) is 14.3. The SMILES string of the molecule is Cc1cc(Cl)ccc1OCC(=O)Nc1ccc(N2CCOCC2)c(Cl)c1. The molecular weight excluding hydrogens is 375 g/mol. The number of ether oxygens (including phenoxy) is 2. The molecule has 7 heteroatoms. The molecule has 1 aliphatic rings. The highest BCUT2D eigenvalue weighted by Gasteiger charge is 2.15. The fourth-order valence-electron chi connectivity index (χ4n) is 2.76. The number of hydrogen-bond acceptors (Lipinski definition) is 4. The van der Waals surface area contributed by atoms with Crippen LogP contribution in [0.3, 0.4) is 0 Å². The largest absolute Gasteiger partial charge is 0.483 e. The summed E-state index contributed by atoms with van der Waals surface area (Å²) in [7, 11) is 0. The number of amides is 1. The predicted molar refractivity (Wildman–Crippen MR) is 105 cm³/mol. The first kappa shape index (κ1) is 18.8. The molecule has 1 saturated heterocycles. The van der Waals surface area contributed by atoms with E-state index in [9.17, 15) is 4.79 Å². The number of hydrogen-bond donors (Lipinski definition) is 1. The van der Waals surface area contributed by atoms with E-state index in [1.807, 2.05) is 19.1 Å². The van der Waals surface area contributed by atoms with Crippen molar-refractivity contribution in [3.05, 3.63) is 52.0 Å². The summed E-state index contributed by atoms with van der Waals surface area (Å²) in [6, 6.07) is 10.8. The topological polar surface area (TPSA) is 50.8 Å². The number of nitrogens with zero attached hydrogens (tertiary/aromatic N) is 1. The lowest BCUT2D eigenvalue weighted by Gasteiger charge is -2.29. The fraction of sp³-hybridized carbons (Fsp3) is 0.316. The van der Waals surface area contributed by atoms with E-state index in [1.54, 1.807) is 24.3 Å². The van der Waals surface area contributed by atoms with Gasteiger partial charge in [0.15, 0.2) is 6.61 Å². The summed E-state index contributed by atoms with van der Waals surface area (Å²) >= 11 is 12.3. The van der Waals surface area contributed by atoms with Gasteiger partial charge in [-0.05, 0) is 48.9 Å². The summed E-state index contributed by atoms with van der Waals surface area (Å²) in [5, 5.41) is 4.03. The Hall–Kier alpha value is -1.95. The van der Waals surface area contributed by atoms with Crippen LogP contribution in [0.2, 0.25) is 10.0 Å². The van der Waals surface area contributed by atoms with E-state index in [4.69, 9.17) is 32.7 Å². The molecule has 1 fully saturated rings. The minimum Gasteiger partial charge on any atom is -0.483 e. The first-order valence-corrected chi connectivity index (χ1v) is 9.09. The Balaban J connectivity index is 1.57. The van der Waals surface area contributed by atoms with E-state index < -0.39 is 0 Å². The lowest BCUT2D eigenvalue weighted by atomic mass is 10.2. The summed E-state index contributed by atoms with van der Waals surface area (Å²) < 4.78 is 10.9. The van der Waals surface area contributed by atoms with Gasteiger partial charge in [-0.1, -0.05) is 23.2 Å². The molecule has 0 saturated carbocycles. The van der Waals surface area contributed by atoms with Gasteiger partial charge in [-0.25, -0.2) is 0 Å². The summed E-state index contributed by atoms with van der Waals surface area (Å²) in [5.74, 6) is 0.375. The number of carbonyl (C=O) groups excluding carboxylic acids is 1. The summed E-state index contributed by atoms with van der Waals surface area (Å²) in [6.45, 7) is 4.78. The highest BCUT2D eigenvalue weighted by Crippen LogP contribution is 2.29. The normalized spacial score (nSPS) is 14.2. The van der Waals surface area contributed by atoms with Gasteiger partial charge in [-0.15, -0.1) is 0 Å². The van der Waals surface area contributed by atoms with Gasteiger partial charge in [0.05, 0.1) is 23.9 Å². The van der Waals surface area contributed by atoms with Crippen LogP contribution in [0.25, 0.3) is 0 Å². The lowest BCUT2D eigenvalue weighted by molar-refractivity contribution is -0.118. The molecule has 5 nitrogen and oxygen atoms in total. The molecule has 0 spiro atoms. The Morgan fingerprint density at radius 3 is 2.65 bits per heavy atom. The van der Waals surface area contributed by atoms with Crippen LogP contribution in [0.4, 0.5) is 11.4 Å². The Kier molecular flexibility index (Phi) is 6.25. The first-order valence-electron chi connectivity index (χ1n) is 8.34. The number of halogens is 2. The molecule has 3 rings (SSSR count). The van der Waals surface area contributed by atoms with Crippen molar-refractivity contribution in [2.24, 2.45) is 0 Å². The second-order valence-electron chi connectivity index (χ2n) is 6.01. The second kappa shape index (κ2) is 8.62. The number of carbonyl (C=O) groups is 1. The van der Waals surface area contributed by atoms with E-state index in [-0.39, 0.29) is 12.5 Å². The Morgan fingerprint density at radius 1 is 1.19 bits per heavy atom. The average molecular weight is 395 g/mol. The molecule has 1 amide bonds. The molecule has 0 bridgehead atoms. The van der Waals surface area contributed by atoms with Crippen LogP contribution < -0.4 is 15.0 Å². The molecule has 0 aromatic heterocycles. The maximum atomic E-state index is 12.1. The Bertz CT molecular complexity index is 792. The van der Waals surface area contributed by atoms with E-state index in [0.717, 1.165) is 24.3 Å². The minimum atomic E-state index is -0.255. The van der Waals surface area contributed by atoms with Gasteiger partial charge in [-0.3, -0.25) is 4.79 Å². The van der Waals surface area contributed by atoms with Gasteiger partial charge in [0.1, 0.15) is 5.75 Å².